The number of methoxy groups -OCH3 is 1. The number of ether oxygens (including phenoxy) is 7. The van der Waals surface area contributed by atoms with Crippen LogP contribution in [0.5, 0.6) is 0 Å². The summed E-state index contributed by atoms with van der Waals surface area (Å²) in [7, 11) is 1.19. The topological polar surface area (TPSA) is 204 Å². The van der Waals surface area contributed by atoms with Gasteiger partial charge < -0.3 is 42.7 Å². The maximum Gasteiger partial charge on any atom is 0.348 e. The Balaban J connectivity index is 1.78. The average molecular weight is 747 g/mol. The molecule has 15 heteroatoms. The largest absolute Gasteiger partial charge is 0.472 e. The summed E-state index contributed by atoms with van der Waals surface area (Å²) in [6.45, 7) is 15.1. The van der Waals surface area contributed by atoms with Crippen LogP contribution >= 0.6 is 0 Å². The number of epoxide rings is 1. The molecule has 4 aliphatic rings. The second-order valence-electron chi connectivity index (χ2n) is 15.5. The molecule has 5 rings (SSSR count). The van der Waals surface area contributed by atoms with Gasteiger partial charge in [0.1, 0.15) is 30.0 Å². The number of carbonyl (C=O) groups is 6. The standard InChI is InChI=1S/C38H50O15/c1-10-19(2)30(43)34(45)51-32-31(49-18-39)29(20(3)38-27(52-38)13-24(37(32,38)8)23-11-12-47-16-23)35(6)15-25(50-22(5)41)33(44)53-36(7,17-48-21(4)40)26(35)14-28(42)46-9/h11-12,16,18-19,24-27,29-32,43H,3,10,13-15,17H2,1-2,4-9H3/t19-,24-,25-,26+,27+,29+,30+,31+,32-,35-,36+,37+,38+/m0/s1. The fraction of sp³-hybridized carbons (Fsp3) is 0.684. The van der Waals surface area contributed by atoms with Gasteiger partial charge in [-0.15, -0.1) is 0 Å². The lowest BCUT2D eigenvalue weighted by atomic mass is 9.48. The van der Waals surface area contributed by atoms with Crippen LogP contribution in [0.1, 0.15) is 85.6 Å². The molecule has 15 nitrogen and oxygen atoms in total. The SMILES string of the molecule is C=C1[C@@H]([C@@]2(C)C[C@H](OC(C)=O)C(=O)O[C@](C)(COC(C)=O)[C@@H]2CC(=O)OC)[C@@H](OC=O)[C@H](OC(=O)[C@H](O)[C@@H](C)CC)[C@@]2(C)[C@H](c3ccoc3)C[C@H]3O[C@]132. The van der Waals surface area contributed by atoms with Crippen LogP contribution in [0, 0.1) is 28.6 Å². The third kappa shape index (κ3) is 6.53. The van der Waals surface area contributed by atoms with E-state index in [0.717, 1.165) is 12.5 Å². The van der Waals surface area contributed by atoms with E-state index < -0.39 is 113 Å². The zero-order valence-electron chi connectivity index (χ0n) is 31.4. The predicted octanol–water partition coefficient (Wildman–Crippen LogP) is 3.34. The van der Waals surface area contributed by atoms with Crippen LogP contribution in [0.25, 0.3) is 0 Å². The van der Waals surface area contributed by atoms with Crippen molar-refractivity contribution in [3.63, 3.8) is 0 Å². The molecule has 1 aromatic rings. The normalized spacial score (nSPS) is 38.5. The first-order valence-corrected chi connectivity index (χ1v) is 17.8. The van der Waals surface area contributed by atoms with Gasteiger partial charge in [0.2, 0.25) is 0 Å². The zero-order valence-corrected chi connectivity index (χ0v) is 31.4. The number of esters is 5. The Morgan fingerprint density at radius 3 is 2.40 bits per heavy atom. The van der Waals surface area contributed by atoms with Crippen molar-refractivity contribution in [2.45, 2.75) is 122 Å². The predicted molar refractivity (Wildman–Crippen MR) is 180 cm³/mol. The van der Waals surface area contributed by atoms with Crippen molar-refractivity contribution >= 4 is 36.3 Å². The molecule has 0 unspecified atom stereocenters. The smallest absolute Gasteiger partial charge is 0.348 e. The molecule has 2 saturated heterocycles. The van der Waals surface area contributed by atoms with Gasteiger partial charge in [0, 0.05) is 38.0 Å². The maximum absolute atomic E-state index is 13.9. The van der Waals surface area contributed by atoms with Crippen LogP contribution in [0.2, 0.25) is 0 Å². The van der Waals surface area contributed by atoms with Gasteiger partial charge in [-0.1, -0.05) is 40.7 Å². The molecule has 2 aliphatic carbocycles. The zero-order chi connectivity index (χ0) is 39.3. The van der Waals surface area contributed by atoms with E-state index >= 15 is 0 Å². The highest BCUT2D eigenvalue weighted by Gasteiger charge is 2.84. The van der Waals surface area contributed by atoms with Crippen molar-refractivity contribution < 1.29 is 71.4 Å². The molecule has 1 N–H and O–H groups in total. The Kier molecular flexibility index (Phi) is 11.0. The van der Waals surface area contributed by atoms with E-state index in [2.05, 4.69) is 6.58 Å². The summed E-state index contributed by atoms with van der Waals surface area (Å²) in [4.78, 5) is 78.2. The summed E-state index contributed by atoms with van der Waals surface area (Å²) >= 11 is 0. The molecule has 1 spiro atoms. The summed E-state index contributed by atoms with van der Waals surface area (Å²) in [6.07, 6.45) is -2.95. The molecule has 0 amide bonds. The van der Waals surface area contributed by atoms with E-state index in [0.29, 0.717) is 18.4 Å². The van der Waals surface area contributed by atoms with Gasteiger partial charge in [-0.25, -0.2) is 9.59 Å². The molecule has 4 fully saturated rings. The van der Waals surface area contributed by atoms with Gasteiger partial charge in [-0.2, -0.15) is 0 Å². The lowest BCUT2D eigenvalue weighted by molar-refractivity contribution is -0.216. The van der Waals surface area contributed by atoms with Crippen LogP contribution < -0.4 is 0 Å². The molecule has 292 valence electrons. The summed E-state index contributed by atoms with van der Waals surface area (Å²) in [5.41, 5.74) is -4.44. The quantitative estimate of drug-likeness (QED) is 0.101. The minimum atomic E-state index is -1.76. The number of cyclic esters (lactones) is 1. The number of aliphatic hydroxyl groups is 1. The number of hydrogen-bond acceptors (Lipinski definition) is 15. The van der Waals surface area contributed by atoms with Gasteiger partial charge in [-0.05, 0) is 41.9 Å². The van der Waals surface area contributed by atoms with Crippen LogP contribution in [-0.4, -0.2) is 96.9 Å². The van der Waals surface area contributed by atoms with Gasteiger partial charge in [0.15, 0.2) is 12.2 Å². The molecule has 0 aromatic carbocycles. The molecular weight excluding hydrogens is 696 g/mol. The third-order valence-electron chi connectivity index (χ3n) is 12.5. The lowest BCUT2D eigenvalue weighted by Crippen LogP contribution is -2.67. The number of furan rings is 1. The van der Waals surface area contributed by atoms with E-state index in [1.165, 1.54) is 27.2 Å². The van der Waals surface area contributed by atoms with Crippen molar-refractivity contribution in [3.8, 4) is 0 Å². The second-order valence-corrected chi connectivity index (χ2v) is 15.5. The molecule has 0 radical (unpaired) electrons. The van der Waals surface area contributed by atoms with Crippen molar-refractivity contribution in [2.75, 3.05) is 13.7 Å². The monoisotopic (exact) mass is 746 g/mol. The fourth-order valence-electron chi connectivity index (χ4n) is 9.76. The molecule has 2 aliphatic heterocycles. The Hall–Kier alpha value is -4.24. The van der Waals surface area contributed by atoms with Gasteiger partial charge in [0.05, 0.1) is 37.6 Å². The van der Waals surface area contributed by atoms with Crippen molar-refractivity contribution in [2.24, 2.45) is 28.6 Å². The maximum atomic E-state index is 13.9. The number of rotatable bonds is 13. The van der Waals surface area contributed by atoms with Crippen LogP contribution in [0.3, 0.4) is 0 Å². The first-order valence-electron chi connectivity index (χ1n) is 17.8. The number of hydrogen-bond donors (Lipinski definition) is 1. The first-order chi connectivity index (χ1) is 24.9. The molecule has 0 bridgehead atoms. The minimum absolute atomic E-state index is 0.212. The van der Waals surface area contributed by atoms with Gasteiger partial charge in [-0.3, -0.25) is 19.2 Å². The van der Waals surface area contributed by atoms with E-state index in [1.807, 2.05) is 13.8 Å². The minimum Gasteiger partial charge on any atom is -0.472 e. The van der Waals surface area contributed by atoms with Crippen molar-refractivity contribution in [3.05, 3.63) is 36.3 Å². The molecule has 2 saturated carbocycles. The molecule has 1 aromatic heterocycles. The highest BCUT2D eigenvalue weighted by molar-refractivity contribution is 5.80. The first kappa shape index (κ1) is 40.0. The molecule has 3 heterocycles. The van der Waals surface area contributed by atoms with Crippen molar-refractivity contribution in [1.29, 1.82) is 0 Å². The third-order valence-corrected chi connectivity index (χ3v) is 12.5. The fourth-order valence-corrected chi connectivity index (χ4v) is 9.76. The van der Waals surface area contributed by atoms with Crippen LogP contribution in [0.4, 0.5) is 0 Å². The van der Waals surface area contributed by atoms with Gasteiger partial charge in [0.25, 0.3) is 6.47 Å². The number of aliphatic hydroxyl groups excluding tert-OH is 1. The van der Waals surface area contributed by atoms with E-state index in [-0.39, 0.29) is 18.8 Å². The lowest BCUT2D eigenvalue weighted by Gasteiger charge is -2.59. The van der Waals surface area contributed by atoms with E-state index in [1.54, 1.807) is 26.2 Å². The molecular formula is C38H50O15. The highest BCUT2D eigenvalue weighted by Crippen LogP contribution is 2.76. The summed E-state index contributed by atoms with van der Waals surface area (Å²) < 4.78 is 46.4. The van der Waals surface area contributed by atoms with E-state index in [9.17, 15) is 33.9 Å². The van der Waals surface area contributed by atoms with E-state index in [4.69, 9.17) is 37.6 Å². The Bertz CT molecular complexity index is 1620. The Morgan fingerprint density at radius 1 is 1.13 bits per heavy atom. The molecule has 13 atom stereocenters. The Morgan fingerprint density at radius 2 is 1.83 bits per heavy atom. The summed E-state index contributed by atoms with van der Waals surface area (Å²) in [5, 5.41) is 11.1. The summed E-state index contributed by atoms with van der Waals surface area (Å²) in [5.74, 6) is -7.19. The van der Waals surface area contributed by atoms with Crippen LogP contribution in [-0.2, 0) is 61.9 Å². The van der Waals surface area contributed by atoms with Gasteiger partial charge >= 0.3 is 29.8 Å². The summed E-state index contributed by atoms with van der Waals surface area (Å²) in [6, 6.07) is 1.79. The van der Waals surface area contributed by atoms with Crippen LogP contribution in [0.15, 0.2) is 35.2 Å². The Labute approximate surface area is 307 Å². The number of carbonyl (C=O) groups excluding carboxylic acids is 6. The second kappa shape index (κ2) is 14.5. The van der Waals surface area contributed by atoms with Crippen molar-refractivity contribution in [1.82, 2.24) is 0 Å². The molecule has 53 heavy (non-hydrogen) atoms. The average Bonchev–Trinajstić information content (AvgIpc) is 3.47. The highest BCUT2D eigenvalue weighted by atomic mass is 16.6.